The predicted octanol–water partition coefficient (Wildman–Crippen LogP) is 4.34. The molecule has 0 aliphatic carbocycles. The predicted molar refractivity (Wildman–Crippen MR) is 81.1 cm³/mol. The van der Waals surface area contributed by atoms with Gasteiger partial charge in [0.25, 0.3) is 0 Å². The summed E-state index contributed by atoms with van der Waals surface area (Å²) in [6.45, 7) is 0. The Bertz CT molecular complexity index is 902. The molecule has 3 nitrogen and oxygen atoms in total. The molecule has 2 aromatic carbocycles. The van der Waals surface area contributed by atoms with Crippen molar-refractivity contribution in [2.45, 2.75) is 0 Å². The Labute approximate surface area is 124 Å². The average molecular weight is 302 g/mol. The normalized spacial score (nSPS) is 11.3. The lowest BCUT2D eigenvalue weighted by Gasteiger charge is -1.98. The Morgan fingerprint density at radius 1 is 1.19 bits per heavy atom. The van der Waals surface area contributed by atoms with E-state index in [2.05, 4.69) is 4.99 Å². The van der Waals surface area contributed by atoms with Crippen molar-refractivity contribution in [2.24, 2.45) is 4.99 Å². The van der Waals surface area contributed by atoms with Crippen molar-refractivity contribution in [2.75, 3.05) is 0 Å². The molecule has 0 bridgehead atoms. The molecule has 0 amide bonds. The topological polar surface area (TPSA) is 42.6 Å². The van der Waals surface area contributed by atoms with Gasteiger partial charge < -0.3 is 4.42 Å². The van der Waals surface area contributed by atoms with Crippen molar-refractivity contribution in [3.05, 3.63) is 75.4 Å². The third-order valence-electron chi connectivity index (χ3n) is 2.96. The SMILES string of the molecule is O=c1c(C=Nc2ccc(F)c(Cl)c2)coc2ccccc12. The highest BCUT2D eigenvalue weighted by molar-refractivity contribution is 6.31. The summed E-state index contributed by atoms with van der Waals surface area (Å²) in [5, 5.41) is 0.466. The van der Waals surface area contributed by atoms with Crippen LogP contribution in [0.4, 0.5) is 10.1 Å². The van der Waals surface area contributed by atoms with E-state index in [0.29, 0.717) is 22.2 Å². The third-order valence-corrected chi connectivity index (χ3v) is 3.25. The van der Waals surface area contributed by atoms with Crippen LogP contribution in [-0.4, -0.2) is 6.21 Å². The molecule has 0 fully saturated rings. The van der Waals surface area contributed by atoms with Crippen LogP contribution in [0.5, 0.6) is 0 Å². The van der Waals surface area contributed by atoms with Crippen molar-refractivity contribution < 1.29 is 8.81 Å². The van der Waals surface area contributed by atoms with Crippen molar-refractivity contribution >= 4 is 34.5 Å². The summed E-state index contributed by atoms with van der Waals surface area (Å²) in [6.07, 6.45) is 2.72. The highest BCUT2D eigenvalue weighted by atomic mass is 35.5. The second-order valence-electron chi connectivity index (χ2n) is 4.37. The lowest BCUT2D eigenvalue weighted by atomic mass is 10.2. The molecule has 3 rings (SSSR count). The first-order valence-corrected chi connectivity index (χ1v) is 6.52. The molecular weight excluding hydrogens is 293 g/mol. The molecule has 0 atom stereocenters. The maximum Gasteiger partial charge on any atom is 0.201 e. The molecule has 0 N–H and O–H groups in total. The summed E-state index contributed by atoms with van der Waals surface area (Å²) in [6, 6.07) is 11.0. The van der Waals surface area contributed by atoms with E-state index in [4.69, 9.17) is 16.0 Å². The second-order valence-corrected chi connectivity index (χ2v) is 4.78. The molecule has 5 heteroatoms. The Morgan fingerprint density at radius 2 is 2.00 bits per heavy atom. The molecule has 104 valence electrons. The van der Waals surface area contributed by atoms with Gasteiger partial charge in [-0.1, -0.05) is 23.7 Å². The molecule has 0 unspecified atom stereocenters. The van der Waals surface area contributed by atoms with Gasteiger partial charge in [-0.3, -0.25) is 9.79 Å². The van der Waals surface area contributed by atoms with Crippen LogP contribution in [0.1, 0.15) is 5.56 Å². The summed E-state index contributed by atoms with van der Waals surface area (Å²) < 4.78 is 18.4. The van der Waals surface area contributed by atoms with Crippen LogP contribution in [0.15, 0.2) is 62.9 Å². The fourth-order valence-corrected chi connectivity index (χ4v) is 2.07. The first-order chi connectivity index (χ1) is 10.1. The largest absolute Gasteiger partial charge is 0.463 e. The number of benzene rings is 2. The minimum absolute atomic E-state index is 0.0183. The minimum atomic E-state index is -0.513. The van der Waals surface area contributed by atoms with E-state index < -0.39 is 5.82 Å². The molecule has 0 spiro atoms. The van der Waals surface area contributed by atoms with E-state index in [1.807, 2.05) is 0 Å². The van der Waals surface area contributed by atoms with Crippen molar-refractivity contribution in [1.29, 1.82) is 0 Å². The maximum atomic E-state index is 13.1. The fourth-order valence-electron chi connectivity index (χ4n) is 1.89. The minimum Gasteiger partial charge on any atom is -0.463 e. The Kier molecular flexibility index (Phi) is 3.54. The number of nitrogens with zero attached hydrogens (tertiary/aromatic N) is 1. The summed E-state index contributed by atoms with van der Waals surface area (Å²) in [5.41, 5.74) is 1.11. The molecule has 0 aliphatic heterocycles. The van der Waals surface area contributed by atoms with Crippen molar-refractivity contribution in [3.8, 4) is 0 Å². The number of halogens is 2. The monoisotopic (exact) mass is 301 g/mol. The number of hydrogen-bond acceptors (Lipinski definition) is 3. The number of fused-ring (bicyclic) bond motifs is 1. The van der Waals surface area contributed by atoms with Gasteiger partial charge in [-0.05, 0) is 30.3 Å². The van der Waals surface area contributed by atoms with E-state index in [1.165, 1.54) is 30.7 Å². The zero-order chi connectivity index (χ0) is 14.8. The van der Waals surface area contributed by atoms with Crippen molar-refractivity contribution in [3.63, 3.8) is 0 Å². The van der Waals surface area contributed by atoms with Gasteiger partial charge in [0.1, 0.15) is 17.7 Å². The number of para-hydroxylation sites is 1. The Balaban J connectivity index is 2.01. The number of rotatable bonds is 2. The number of hydrogen-bond donors (Lipinski definition) is 0. The Hall–Kier alpha value is -2.46. The van der Waals surface area contributed by atoms with Crippen LogP contribution in [0.2, 0.25) is 5.02 Å². The molecule has 3 aromatic rings. The van der Waals surface area contributed by atoms with Gasteiger partial charge in [0.2, 0.25) is 5.43 Å². The van der Waals surface area contributed by atoms with Gasteiger partial charge in [0.05, 0.1) is 21.7 Å². The molecule has 0 saturated carbocycles. The van der Waals surface area contributed by atoms with Gasteiger partial charge in [-0.2, -0.15) is 0 Å². The molecule has 0 aliphatic rings. The van der Waals surface area contributed by atoms with Crippen molar-refractivity contribution in [1.82, 2.24) is 0 Å². The quantitative estimate of drug-likeness (QED) is 0.661. The van der Waals surface area contributed by atoms with Crippen LogP contribution < -0.4 is 5.43 Å². The van der Waals surface area contributed by atoms with Crippen LogP contribution in [0.25, 0.3) is 11.0 Å². The summed E-state index contributed by atoms with van der Waals surface area (Å²) in [5.74, 6) is -0.513. The second kappa shape index (κ2) is 5.50. The van der Waals surface area contributed by atoms with E-state index >= 15 is 0 Å². The highest BCUT2D eigenvalue weighted by Gasteiger charge is 2.04. The van der Waals surface area contributed by atoms with E-state index in [-0.39, 0.29) is 10.5 Å². The summed E-state index contributed by atoms with van der Waals surface area (Å²) in [4.78, 5) is 16.3. The lowest BCUT2D eigenvalue weighted by Crippen LogP contribution is -2.07. The average Bonchev–Trinajstić information content (AvgIpc) is 2.50. The highest BCUT2D eigenvalue weighted by Crippen LogP contribution is 2.21. The van der Waals surface area contributed by atoms with E-state index in [9.17, 15) is 9.18 Å². The standard InChI is InChI=1S/C16H9ClFNO2/c17-13-7-11(5-6-14(13)18)19-8-10-9-21-15-4-2-1-3-12(15)16(10)20/h1-9H. The van der Waals surface area contributed by atoms with Gasteiger partial charge in [0.15, 0.2) is 0 Å². The van der Waals surface area contributed by atoms with Crippen LogP contribution in [0.3, 0.4) is 0 Å². The molecule has 21 heavy (non-hydrogen) atoms. The Morgan fingerprint density at radius 3 is 2.81 bits per heavy atom. The molecule has 1 heterocycles. The van der Waals surface area contributed by atoms with E-state index in [1.54, 1.807) is 24.3 Å². The zero-order valence-corrected chi connectivity index (χ0v) is 11.5. The van der Waals surface area contributed by atoms with Crippen LogP contribution in [0, 0.1) is 5.82 Å². The molecule has 0 radical (unpaired) electrons. The van der Waals surface area contributed by atoms with Crippen LogP contribution in [-0.2, 0) is 0 Å². The third kappa shape index (κ3) is 2.71. The zero-order valence-electron chi connectivity index (χ0n) is 10.7. The molecule has 1 aromatic heterocycles. The smallest absolute Gasteiger partial charge is 0.201 e. The van der Waals surface area contributed by atoms with Crippen LogP contribution >= 0.6 is 11.6 Å². The summed E-state index contributed by atoms with van der Waals surface area (Å²) >= 11 is 5.68. The first kappa shape index (κ1) is 13.5. The fraction of sp³-hybridized carbons (Fsp3) is 0. The van der Waals surface area contributed by atoms with Gasteiger partial charge >= 0.3 is 0 Å². The van der Waals surface area contributed by atoms with Gasteiger partial charge in [-0.25, -0.2) is 4.39 Å². The van der Waals surface area contributed by atoms with E-state index in [0.717, 1.165) is 0 Å². The number of aliphatic imine (C=N–C) groups is 1. The summed E-state index contributed by atoms with van der Waals surface area (Å²) in [7, 11) is 0. The maximum absolute atomic E-state index is 13.1. The van der Waals surface area contributed by atoms with Gasteiger partial charge in [-0.15, -0.1) is 0 Å². The molecular formula is C16H9ClFNO2. The molecule has 0 saturated heterocycles. The lowest BCUT2D eigenvalue weighted by molar-refractivity contribution is 0.601. The van der Waals surface area contributed by atoms with Gasteiger partial charge in [0, 0.05) is 6.21 Å². The first-order valence-electron chi connectivity index (χ1n) is 6.15.